The second-order valence-corrected chi connectivity index (χ2v) is 11.9. The van der Waals surface area contributed by atoms with Gasteiger partial charge in [0, 0.05) is 25.2 Å². The molecule has 1 N–H and O–H groups in total. The van der Waals surface area contributed by atoms with Gasteiger partial charge in [-0.3, -0.25) is 14.4 Å². The van der Waals surface area contributed by atoms with Crippen LogP contribution in [0.4, 0.5) is 0 Å². The molecule has 2 unspecified atom stereocenters. The number of hydrogen-bond donors (Lipinski definition) is 1. The highest BCUT2D eigenvalue weighted by Crippen LogP contribution is 2.63. The lowest BCUT2D eigenvalue weighted by Crippen LogP contribution is -2.60. The third-order valence-corrected chi connectivity index (χ3v) is 8.26. The predicted octanol–water partition coefficient (Wildman–Crippen LogP) is 3.63. The van der Waals surface area contributed by atoms with E-state index in [9.17, 15) is 19.5 Å². The van der Waals surface area contributed by atoms with Crippen LogP contribution < -0.4 is 0 Å². The summed E-state index contributed by atoms with van der Waals surface area (Å²) in [5, 5.41) is 9.20. The number of ether oxygens (including phenoxy) is 2. The molecule has 2 bridgehead atoms. The second-order valence-electron chi connectivity index (χ2n) is 11.9. The molecule has 0 aromatic carbocycles. The summed E-state index contributed by atoms with van der Waals surface area (Å²) in [7, 11) is 0. The van der Waals surface area contributed by atoms with Crippen LogP contribution in [0.1, 0.15) is 79.1 Å². The molecule has 208 valence electrons. The van der Waals surface area contributed by atoms with Crippen molar-refractivity contribution in [3.63, 3.8) is 0 Å². The number of esters is 1. The summed E-state index contributed by atoms with van der Waals surface area (Å²) in [6.07, 6.45) is 9.16. The van der Waals surface area contributed by atoms with Gasteiger partial charge in [0.25, 0.3) is 0 Å². The van der Waals surface area contributed by atoms with Gasteiger partial charge in [0.1, 0.15) is 17.6 Å². The number of aliphatic hydroxyl groups excluding tert-OH is 1. The normalized spacial score (nSPS) is 30.4. The van der Waals surface area contributed by atoms with Crippen LogP contribution in [0.2, 0.25) is 0 Å². The van der Waals surface area contributed by atoms with Crippen LogP contribution in [0, 0.1) is 11.8 Å². The molecule has 8 heteroatoms. The van der Waals surface area contributed by atoms with Gasteiger partial charge in [-0.05, 0) is 79.1 Å². The Balaban J connectivity index is 1.94. The fraction of sp³-hybridized carbons (Fsp3) is 0.759. The average molecular weight is 519 g/mol. The summed E-state index contributed by atoms with van der Waals surface area (Å²) in [5.74, 6) is -2.27. The molecule has 0 radical (unpaired) electrons. The lowest BCUT2D eigenvalue weighted by atomic mass is 9.66. The van der Waals surface area contributed by atoms with E-state index in [0.717, 1.165) is 25.7 Å². The van der Waals surface area contributed by atoms with E-state index in [4.69, 9.17) is 9.47 Å². The zero-order valence-electron chi connectivity index (χ0n) is 23.2. The molecule has 2 amide bonds. The van der Waals surface area contributed by atoms with Crippen LogP contribution in [0.25, 0.3) is 0 Å². The van der Waals surface area contributed by atoms with E-state index in [1.54, 1.807) is 15.9 Å². The number of amides is 2. The minimum Gasteiger partial charge on any atom is -0.465 e. The predicted molar refractivity (Wildman–Crippen MR) is 142 cm³/mol. The lowest BCUT2D eigenvalue weighted by Gasteiger charge is -2.42. The fourth-order valence-corrected chi connectivity index (χ4v) is 6.50. The van der Waals surface area contributed by atoms with Crippen molar-refractivity contribution < 1.29 is 29.0 Å². The van der Waals surface area contributed by atoms with Crippen LogP contribution in [0.5, 0.6) is 0 Å². The van der Waals surface area contributed by atoms with Crippen molar-refractivity contribution in [1.82, 2.24) is 9.80 Å². The number of aliphatic hydroxyl groups is 1. The second kappa shape index (κ2) is 11.7. The summed E-state index contributed by atoms with van der Waals surface area (Å²) < 4.78 is 12.3. The molecule has 1 spiro atoms. The molecule has 3 saturated heterocycles. The number of nitrogens with zero attached hydrogens (tertiary/aromatic N) is 2. The van der Waals surface area contributed by atoms with E-state index < -0.39 is 40.6 Å². The largest absolute Gasteiger partial charge is 0.465 e. The minimum absolute atomic E-state index is 0.0855. The van der Waals surface area contributed by atoms with Gasteiger partial charge in [-0.1, -0.05) is 12.2 Å². The molecule has 8 nitrogen and oxygen atoms in total. The van der Waals surface area contributed by atoms with E-state index in [1.807, 2.05) is 33.8 Å². The quantitative estimate of drug-likeness (QED) is 0.214. The monoisotopic (exact) mass is 518 g/mol. The molecular weight excluding hydrogens is 472 g/mol. The number of hydrogen-bond acceptors (Lipinski definition) is 6. The molecule has 37 heavy (non-hydrogen) atoms. The minimum atomic E-state index is -1.06. The van der Waals surface area contributed by atoms with E-state index in [2.05, 4.69) is 13.2 Å². The van der Waals surface area contributed by atoms with Crippen molar-refractivity contribution >= 4 is 17.8 Å². The summed E-state index contributed by atoms with van der Waals surface area (Å²) in [4.78, 5) is 45.1. The Bertz CT molecular complexity index is 882. The van der Waals surface area contributed by atoms with E-state index in [-0.39, 0.29) is 25.0 Å². The standard InChI is InChI=1S/C29H46N2O6/c1-7-9-10-14-20-36-26(35)22-21-24(33)30(18-12-11-13-19-32)23(29(21)16-15-28(22,6)37-29)25(34)31(17-8-2)27(3,4)5/h7-8,21-23,32H,1-2,9-20H2,3-6H3/t21-,22+,23?,28-,29?/m0/s1. The Morgan fingerprint density at radius 2 is 1.89 bits per heavy atom. The van der Waals surface area contributed by atoms with Crippen molar-refractivity contribution in [3.8, 4) is 0 Å². The molecular formula is C29H46N2O6. The van der Waals surface area contributed by atoms with Gasteiger partial charge in [0.05, 0.1) is 18.1 Å². The topological polar surface area (TPSA) is 96.4 Å². The lowest BCUT2D eigenvalue weighted by molar-refractivity contribution is -0.161. The Hall–Kier alpha value is -2.19. The van der Waals surface area contributed by atoms with Crippen LogP contribution in [0.3, 0.4) is 0 Å². The maximum Gasteiger partial charge on any atom is 0.312 e. The summed E-state index contributed by atoms with van der Waals surface area (Å²) in [5.41, 5.74) is -2.39. The third-order valence-electron chi connectivity index (χ3n) is 8.26. The summed E-state index contributed by atoms with van der Waals surface area (Å²) in [6.45, 7) is 16.4. The van der Waals surface area contributed by atoms with Gasteiger partial charge in [-0.15, -0.1) is 13.2 Å². The first-order valence-electron chi connectivity index (χ1n) is 13.8. The van der Waals surface area contributed by atoms with Gasteiger partial charge in [0.2, 0.25) is 11.8 Å². The van der Waals surface area contributed by atoms with Crippen LogP contribution in [0.15, 0.2) is 25.3 Å². The SMILES string of the molecule is C=CCCCCOC(=O)[C@H]1[C@H]2C(=O)N(CCCCCO)C(C(=O)N(CC=C)C(C)(C)C)C23CC[C@]1(C)O3. The molecule has 0 aromatic heterocycles. The number of rotatable bonds is 14. The number of fused-ring (bicyclic) bond motifs is 1. The molecule has 0 aliphatic carbocycles. The number of unbranched alkanes of at least 4 members (excludes halogenated alkanes) is 4. The number of allylic oxidation sites excluding steroid dienone is 1. The highest BCUT2D eigenvalue weighted by molar-refractivity contribution is 5.98. The van der Waals surface area contributed by atoms with Crippen molar-refractivity contribution in [3.05, 3.63) is 25.3 Å². The van der Waals surface area contributed by atoms with Crippen molar-refractivity contribution in [2.75, 3.05) is 26.3 Å². The highest BCUT2D eigenvalue weighted by Gasteiger charge is 2.78. The van der Waals surface area contributed by atoms with E-state index in [1.165, 1.54) is 0 Å². The highest BCUT2D eigenvalue weighted by atomic mass is 16.6. The maximum absolute atomic E-state index is 14.2. The maximum atomic E-state index is 14.2. The molecule has 3 aliphatic rings. The zero-order chi connectivity index (χ0) is 27.4. The van der Waals surface area contributed by atoms with Crippen LogP contribution in [-0.2, 0) is 23.9 Å². The third kappa shape index (κ3) is 5.51. The first-order chi connectivity index (χ1) is 17.5. The Labute approximate surface area is 222 Å². The van der Waals surface area contributed by atoms with Crippen LogP contribution >= 0.6 is 0 Å². The van der Waals surface area contributed by atoms with Gasteiger partial charge in [-0.2, -0.15) is 0 Å². The molecule has 0 aromatic rings. The van der Waals surface area contributed by atoms with Gasteiger partial charge >= 0.3 is 5.97 Å². The van der Waals surface area contributed by atoms with E-state index >= 15 is 0 Å². The van der Waals surface area contributed by atoms with Crippen molar-refractivity contribution in [2.24, 2.45) is 11.8 Å². The molecule has 0 saturated carbocycles. The first kappa shape index (κ1) is 29.4. The van der Waals surface area contributed by atoms with Gasteiger partial charge in [0.15, 0.2) is 0 Å². The number of carbonyl (C=O) groups is 3. The number of likely N-dealkylation sites (tertiary alicyclic amines) is 1. The first-order valence-corrected chi connectivity index (χ1v) is 13.8. The molecule has 3 rings (SSSR count). The zero-order valence-corrected chi connectivity index (χ0v) is 23.2. The Kier molecular flexibility index (Phi) is 9.27. The fourth-order valence-electron chi connectivity index (χ4n) is 6.50. The molecule has 3 aliphatic heterocycles. The summed E-state index contributed by atoms with van der Waals surface area (Å²) >= 11 is 0. The molecule has 3 fully saturated rings. The number of carbonyl (C=O) groups excluding carboxylic acids is 3. The summed E-state index contributed by atoms with van der Waals surface area (Å²) in [6, 6.07) is -0.814. The Morgan fingerprint density at radius 1 is 1.16 bits per heavy atom. The smallest absolute Gasteiger partial charge is 0.312 e. The van der Waals surface area contributed by atoms with Gasteiger partial charge in [-0.25, -0.2) is 0 Å². The van der Waals surface area contributed by atoms with Crippen molar-refractivity contribution in [1.29, 1.82) is 0 Å². The average Bonchev–Trinajstić information content (AvgIpc) is 3.39. The van der Waals surface area contributed by atoms with Gasteiger partial charge < -0.3 is 24.4 Å². The molecule has 3 heterocycles. The van der Waals surface area contributed by atoms with Crippen molar-refractivity contribution in [2.45, 2.75) is 102 Å². The molecule has 5 atom stereocenters. The van der Waals surface area contributed by atoms with Crippen LogP contribution in [-0.4, -0.2) is 81.8 Å². The Morgan fingerprint density at radius 3 is 2.51 bits per heavy atom. The van der Waals surface area contributed by atoms with E-state index in [0.29, 0.717) is 38.8 Å².